The van der Waals surface area contributed by atoms with Gasteiger partial charge in [-0.1, -0.05) is 70.1 Å². The Labute approximate surface area is 206 Å². The quantitative estimate of drug-likeness (QED) is 0.238. The summed E-state index contributed by atoms with van der Waals surface area (Å²) in [5, 5.41) is 0. The van der Waals surface area contributed by atoms with Crippen LogP contribution < -0.4 is 4.74 Å². The number of rotatable bonds is 8. The average molecular weight is 461 g/mol. The van der Waals surface area contributed by atoms with Crippen LogP contribution in [0.2, 0.25) is 0 Å². The van der Waals surface area contributed by atoms with Gasteiger partial charge >= 0.3 is 5.97 Å². The van der Waals surface area contributed by atoms with Crippen LogP contribution >= 0.6 is 0 Å². The van der Waals surface area contributed by atoms with Crippen LogP contribution in [0.25, 0.3) is 0 Å². The molecule has 0 aromatic heterocycles. The molecule has 0 aliphatic carbocycles. The summed E-state index contributed by atoms with van der Waals surface area (Å²) < 4.78 is 11.6. The molecule has 3 nitrogen and oxygen atoms in total. The molecule has 0 N–H and O–H groups in total. The molecule has 0 amide bonds. The molecule has 2 aromatic rings. The SMILES string of the molecule is CCCCCCc1cc2c(cc1C#Cc1ccccc1CC(=O)OCC)C(C)(C)CC(C)(C)O2. The molecule has 0 saturated heterocycles. The average Bonchev–Trinajstić information content (AvgIpc) is 2.75. The predicted molar refractivity (Wildman–Crippen MR) is 139 cm³/mol. The maximum Gasteiger partial charge on any atom is 0.310 e. The van der Waals surface area contributed by atoms with Gasteiger partial charge in [0.25, 0.3) is 0 Å². The van der Waals surface area contributed by atoms with Crippen molar-refractivity contribution in [2.45, 2.75) is 97.5 Å². The number of aryl methyl sites for hydroxylation is 1. The topological polar surface area (TPSA) is 35.5 Å². The molecule has 0 radical (unpaired) electrons. The van der Waals surface area contributed by atoms with E-state index in [1.807, 2.05) is 31.2 Å². The van der Waals surface area contributed by atoms with E-state index in [9.17, 15) is 4.79 Å². The van der Waals surface area contributed by atoms with Gasteiger partial charge in [-0.15, -0.1) is 0 Å². The van der Waals surface area contributed by atoms with Gasteiger partial charge in [-0.3, -0.25) is 4.79 Å². The van der Waals surface area contributed by atoms with Gasteiger partial charge in [0.15, 0.2) is 0 Å². The number of esters is 1. The Morgan fingerprint density at radius 1 is 0.971 bits per heavy atom. The summed E-state index contributed by atoms with van der Waals surface area (Å²) in [5.41, 5.74) is 5.15. The zero-order chi connectivity index (χ0) is 24.8. The van der Waals surface area contributed by atoms with Crippen molar-refractivity contribution >= 4 is 5.97 Å². The molecule has 0 saturated carbocycles. The Bertz CT molecular complexity index is 1070. The van der Waals surface area contributed by atoms with Gasteiger partial charge in [0, 0.05) is 16.7 Å². The van der Waals surface area contributed by atoms with Crippen LogP contribution in [0.3, 0.4) is 0 Å². The van der Waals surface area contributed by atoms with Crippen molar-refractivity contribution in [1.82, 2.24) is 0 Å². The fourth-order valence-corrected chi connectivity index (χ4v) is 5.09. The summed E-state index contributed by atoms with van der Waals surface area (Å²) in [6, 6.07) is 12.3. The summed E-state index contributed by atoms with van der Waals surface area (Å²) in [6.45, 7) is 13.4. The molecule has 0 bridgehead atoms. The number of unbranched alkanes of at least 4 members (excludes halogenated alkanes) is 3. The second-order valence-corrected chi connectivity index (χ2v) is 10.6. The Balaban J connectivity index is 2.00. The number of hydrogen-bond donors (Lipinski definition) is 0. The number of benzene rings is 2. The van der Waals surface area contributed by atoms with Crippen LogP contribution in [-0.2, 0) is 27.8 Å². The maximum atomic E-state index is 12.1. The Kier molecular flexibility index (Phi) is 8.47. The molecule has 0 fully saturated rings. The highest BCUT2D eigenvalue weighted by atomic mass is 16.5. The first-order chi connectivity index (χ1) is 16.1. The van der Waals surface area contributed by atoms with Crippen LogP contribution in [-0.4, -0.2) is 18.2 Å². The van der Waals surface area contributed by atoms with Gasteiger partial charge in [-0.2, -0.15) is 0 Å². The van der Waals surface area contributed by atoms with Gasteiger partial charge < -0.3 is 9.47 Å². The third-order valence-corrected chi connectivity index (χ3v) is 6.48. The summed E-state index contributed by atoms with van der Waals surface area (Å²) in [7, 11) is 0. The van der Waals surface area contributed by atoms with E-state index in [2.05, 4.69) is 58.6 Å². The second-order valence-electron chi connectivity index (χ2n) is 10.6. The summed E-state index contributed by atoms with van der Waals surface area (Å²) in [4.78, 5) is 12.1. The molecule has 2 aromatic carbocycles. The van der Waals surface area contributed by atoms with Crippen molar-refractivity contribution in [1.29, 1.82) is 0 Å². The van der Waals surface area contributed by atoms with Crippen molar-refractivity contribution < 1.29 is 14.3 Å². The molecular formula is C31H40O3. The molecule has 3 rings (SSSR count). The zero-order valence-electron chi connectivity index (χ0n) is 21.8. The van der Waals surface area contributed by atoms with Gasteiger partial charge in [0.05, 0.1) is 13.0 Å². The molecule has 1 aliphatic rings. The molecule has 3 heteroatoms. The van der Waals surface area contributed by atoms with Gasteiger partial charge in [-0.25, -0.2) is 0 Å². The van der Waals surface area contributed by atoms with Gasteiger partial charge in [0.2, 0.25) is 0 Å². The normalized spacial score (nSPS) is 15.5. The number of hydrogen-bond acceptors (Lipinski definition) is 3. The van der Waals surface area contributed by atoms with Gasteiger partial charge in [0.1, 0.15) is 11.4 Å². The fraction of sp³-hybridized carbons (Fsp3) is 0.516. The second kappa shape index (κ2) is 11.1. The molecule has 182 valence electrons. The smallest absolute Gasteiger partial charge is 0.310 e. The Hall–Kier alpha value is -2.73. The lowest BCUT2D eigenvalue weighted by Crippen LogP contribution is -2.41. The third-order valence-electron chi connectivity index (χ3n) is 6.48. The molecule has 0 spiro atoms. The van der Waals surface area contributed by atoms with Crippen molar-refractivity contribution in [3.63, 3.8) is 0 Å². The Morgan fingerprint density at radius 2 is 1.71 bits per heavy atom. The molecule has 34 heavy (non-hydrogen) atoms. The minimum absolute atomic E-state index is 0.00999. The number of carbonyl (C=O) groups excluding carboxylic acids is 1. The van der Waals surface area contributed by atoms with Crippen LogP contribution in [0.5, 0.6) is 5.75 Å². The number of carbonyl (C=O) groups is 1. The molecule has 1 aliphatic heterocycles. The van der Waals surface area contributed by atoms with Crippen molar-refractivity contribution in [3.05, 3.63) is 64.2 Å². The number of fused-ring (bicyclic) bond motifs is 1. The van der Waals surface area contributed by atoms with Gasteiger partial charge in [-0.05, 0) is 74.8 Å². The van der Waals surface area contributed by atoms with E-state index in [-0.39, 0.29) is 23.4 Å². The van der Waals surface area contributed by atoms with E-state index in [4.69, 9.17) is 9.47 Å². The van der Waals surface area contributed by atoms with Crippen molar-refractivity contribution in [2.24, 2.45) is 0 Å². The van der Waals surface area contributed by atoms with E-state index in [0.29, 0.717) is 6.61 Å². The maximum absolute atomic E-state index is 12.1. The van der Waals surface area contributed by atoms with E-state index < -0.39 is 0 Å². The summed E-state index contributed by atoms with van der Waals surface area (Å²) in [6.07, 6.45) is 7.03. The molecule has 1 heterocycles. The monoisotopic (exact) mass is 460 g/mol. The van der Waals surface area contributed by atoms with E-state index >= 15 is 0 Å². The summed E-state index contributed by atoms with van der Waals surface area (Å²) in [5.74, 6) is 7.62. The molecular weight excluding hydrogens is 420 g/mol. The standard InChI is InChI=1S/C31H40O3/c1-7-9-10-11-15-24-20-28-27(30(3,4)22-31(5,6)34-28)19-26(24)18-17-23-14-12-13-16-25(23)21-29(32)33-8-2/h12-14,16,19-20H,7-11,15,21-22H2,1-6H3. The van der Waals surface area contributed by atoms with Crippen LogP contribution in [0.1, 0.15) is 101 Å². The van der Waals surface area contributed by atoms with E-state index in [1.165, 1.54) is 30.4 Å². The predicted octanol–water partition coefficient (Wildman–Crippen LogP) is 7.15. The van der Waals surface area contributed by atoms with E-state index in [1.54, 1.807) is 0 Å². The highest BCUT2D eigenvalue weighted by Crippen LogP contribution is 2.45. The van der Waals surface area contributed by atoms with Crippen LogP contribution in [0.4, 0.5) is 0 Å². The molecule has 0 unspecified atom stereocenters. The third kappa shape index (κ3) is 6.66. The lowest BCUT2D eigenvalue weighted by molar-refractivity contribution is -0.142. The largest absolute Gasteiger partial charge is 0.488 e. The highest BCUT2D eigenvalue weighted by Gasteiger charge is 2.39. The van der Waals surface area contributed by atoms with Crippen molar-refractivity contribution in [3.8, 4) is 17.6 Å². The Morgan fingerprint density at radius 3 is 2.44 bits per heavy atom. The summed E-state index contributed by atoms with van der Waals surface area (Å²) >= 11 is 0. The first kappa shape index (κ1) is 25.9. The fourth-order valence-electron chi connectivity index (χ4n) is 5.09. The minimum atomic E-state index is -0.219. The lowest BCUT2D eigenvalue weighted by atomic mass is 9.73. The zero-order valence-corrected chi connectivity index (χ0v) is 21.8. The molecule has 0 atom stereocenters. The lowest BCUT2D eigenvalue weighted by Gasteiger charge is -2.42. The van der Waals surface area contributed by atoms with Crippen LogP contribution in [0, 0.1) is 11.8 Å². The van der Waals surface area contributed by atoms with Crippen molar-refractivity contribution in [2.75, 3.05) is 6.61 Å². The van der Waals surface area contributed by atoms with Crippen LogP contribution in [0.15, 0.2) is 36.4 Å². The van der Waals surface area contributed by atoms with E-state index in [0.717, 1.165) is 41.7 Å². The first-order valence-corrected chi connectivity index (χ1v) is 12.8. The number of ether oxygens (including phenoxy) is 2. The highest BCUT2D eigenvalue weighted by molar-refractivity contribution is 5.73. The first-order valence-electron chi connectivity index (χ1n) is 12.8. The minimum Gasteiger partial charge on any atom is -0.488 e.